The third-order valence-corrected chi connectivity index (χ3v) is 3.29. The van der Waals surface area contributed by atoms with Crippen LogP contribution in [-0.2, 0) is 0 Å². The van der Waals surface area contributed by atoms with E-state index in [0.717, 1.165) is 32.1 Å². The number of hydrogen-bond donors (Lipinski definition) is 0. The van der Waals surface area contributed by atoms with Crippen molar-refractivity contribution in [2.45, 2.75) is 40.0 Å². The number of carbonyl (C=O) groups excluding carboxylic acids is 1. The maximum Gasteiger partial charge on any atom is 0.319 e. The molecule has 15 heavy (non-hydrogen) atoms. The van der Waals surface area contributed by atoms with Gasteiger partial charge in [0.25, 0.3) is 0 Å². The van der Waals surface area contributed by atoms with Crippen LogP contribution in [0.3, 0.4) is 0 Å². The van der Waals surface area contributed by atoms with Crippen LogP contribution in [0.25, 0.3) is 0 Å². The van der Waals surface area contributed by atoms with Crippen LogP contribution in [0, 0.1) is 5.92 Å². The predicted octanol–water partition coefficient (Wildman–Crippen LogP) is 2.57. The summed E-state index contributed by atoms with van der Waals surface area (Å²) >= 11 is 0. The van der Waals surface area contributed by atoms with Crippen molar-refractivity contribution in [1.82, 2.24) is 9.80 Å². The minimum atomic E-state index is 0.235. The topological polar surface area (TPSA) is 23.6 Å². The van der Waals surface area contributed by atoms with Crippen molar-refractivity contribution < 1.29 is 4.79 Å². The first-order valence-corrected chi connectivity index (χ1v) is 6.26. The smallest absolute Gasteiger partial charge is 0.319 e. The molecule has 0 N–H and O–H groups in total. The quantitative estimate of drug-likeness (QED) is 0.702. The van der Waals surface area contributed by atoms with E-state index in [4.69, 9.17) is 0 Å². The number of carbonyl (C=O) groups is 1. The molecule has 2 amide bonds. The van der Waals surface area contributed by atoms with Crippen LogP contribution in [-0.4, -0.2) is 42.0 Å². The fourth-order valence-corrected chi connectivity index (χ4v) is 2.34. The lowest BCUT2D eigenvalue weighted by atomic mass is 10.0. The molecule has 0 spiro atoms. The SMILES string of the molecule is CCCC1CCN(C(=O)N(CC)CC)C1. The lowest BCUT2D eigenvalue weighted by Crippen LogP contribution is -2.41. The molecule has 3 heteroatoms. The molecule has 1 atom stereocenters. The molecule has 0 bridgehead atoms. The summed E-state index contributed by atoms with van der Waals surface area (Å²) in [6, 6.07) is 0.235. The van der Waals surface area contributed by atoms with Gasteiger partial charge in [-0.2, -0.15) is 0 Å². The molecule has 0 aromatic carbocycles. The van der Waals surface area contributed by atoms with Crippen molar-refractivity contribution in [2.24, 2.45) is 5.92 Å². The Morgan fingerprint density at radius 1 is 1.33 bits per heavy atom. The Morgan fingerprint density at radius 3 is 2.53 bits per heavy atom. The Balaban J connectivity index is 2.42. The van der Waals surface area contributed by atoms with E-state index in [1.165, 1.54) is 19.3 Å². The molecule has 1 saturated heterocycles. The molecule has 0 aliphatic carbocycles. The number of urea groups is 1. The Kier molecular flexibility index (Phi) is 4.92. The second-order valence-corrected chi connectivity index (χ2v) is 4.34. The molecular weight excluding hydrogens is 188 g/mol. The van der Waals surface area contributed by atoms with E-state index in [1.807, 2.05) is 23.6 Å². The highest BCUT2D eigenvalue weighted by atomic mass is 16.2. The van der Waals surface area contributed by atoms with Crippen molar-refractivity contribution in [1.29, 1.82) is 0 Å². The molecule has 1 heterocycles. The molecule has 3 nitrogen and oxygen atoms in total. The van der Waals surface area contributed by atoms with Crippen molar-refractivity contribution in [3.05, 3.63) is 0 Å². The van der Waals surface area contributed by atoms with Gasteiger partial charge in [-0.05, 0) is 32.6 Å². The standard InChI is InChI=1S/C12H24N2O/c1-4-7-11-8-9-14(10-11)12(15)13(5-2)6-3/h11H,4-10H2,1-3H3. The lowest BCUT2D eigenvalue weighted by molar-refractivity contribution is 0.165. The van der Waals surface area contributed by atoms with Gasteiger partial charge in [0.15, 0.2) is 0 Å². The molecule has 1 unspecified atom stereocenters. The molecule has 0 radical (unpaired) electrons. The molecule has 88 valence electrons. The number of rotatable bonds is 4. The monoisotopic (exact) mass is 212 g/mol. The van der Waals surface area contributed by atoms with E-state index in [9.17, 15) is 4.79 Å². The Hall–Kier alpha value is -0.730. The third-order valence-electron chi connectivity index (χ3n) is 3.29. The Labute approximate surface area is 93.4 Å². The first-order chi connectivity index (χ1) is 7.22. The van der Waals surface area contributed by atoms with E-state index < -0.39 is 0 Å². The Bertz CT molecular complexity index is 202. The van der Waals surface area contributed by atoms with Crippen molar-refractivity contribution in [3.8, 4) is 0 Å². The molecule has 1 fully saturated rings. The average molecular weight is 212 g/mol. The number of likely N-dealkylation sites (tertiary alicyclic amines) is 1. The molecule has 0 saturated carbocycles. The fourth-order valence-electron chi connectivity index (χ4n) is 2.34. The van der Waals surface area contributed by atoms with Gasteiger partial charge >= 0.3 is 6.03 Å². The summed E-state index contributed by atoms with van der Waals surface area (Å²) in [4.78, 5) is 15.9. The second-order valence-electron chi connectivity index (χ2n) is 4.34. The molecule has 1 aliphatic rings. The van der Waals surface area contributed by atoms with E-state index in [0.29, 0.717) is 0 Å². The number of nitrogens with zero attached hydrogens (tertiary/aromatic N) is 2. The molecule has 0 aromatic rings. The van der Waals surface area contributed by atoms with Crippen molar-refractivity contribution >= 4 is 6.03 Å². The van der Waals surface area contributed by atoms with Crippen LogP contribution < -0.4 is 0 Å². The van der Waals surface area contributed by atoms with E-state index in [2.05, 4.69) is 6.92 Å². The van der Waals surface area contributed by atoms with Gasteiger partial charge in [-0.25, -0.2) is 4.79 Å². The van der Waals surface area contributed by atoms with E-state index in [1.54, 1.807) is 0 Å². The zero-order valence-corrected chi connectivity index (χ0v) is 10.3. The van der Waals surface area contributed by atoms with Gasteiger partial charge in [0.1, 0.15) is 0 Å². The zero-order chi connectivity index (χ0) is 11.3. The third kappa shape index (κ3) is 3.11. The van der Waals surface area contributed by atoms with Crippen LogP contribution in [0.1, 0.15) is 40.0 Å². The second kappa shape index (κ2) is 5.99. The first kappa shape index (κ1) is 12.3. The lowest BCUT2D eigenvalue weighted by Gasteiger charge is -2.25. The predicted molar refractivity (Wildman–Crippen MR) is 62.9 cm³/mol. The summed E-state index contributed by atoms with van der Waals surface area (Å²) in [5.41, 5.74) is 0. The molecular formula is C12H24N2O. The van der Waals surface area contributed by atoms with E-state index >= 15 is 0 Å². The summed E-state index contributed by atoms with van der Waals surface area (Å²) in [7, 11) is 0. The minimum Gasteiger partial charge on any atom is -0.325 e. The molecule has 1 rings (SSSR count). The number of hydrogen-bond acceptors (Lipinski definition) is 1. The normalized spacial score (nSPS) is 20.7. The maximum atomic E-state index is 12.0. The van der Waals surface area contributed by atoms with Crippen LogP contribution in [0.5, 0.6) is 0 Å². The van der Waals surface area contributed by atoms with Crippen LogP contribution in [0.15, 0.2) is 0 Å². The zero-order valence-electron chi connectivity index (χ0n) is 10.3. The first-order valence-electron chi connectivity index (χ1n) is 6.26. The highest BCUT2D eigenvalue weighted by Crippen LogP contribution is 2.21. The fraction of sp³-hybridized carbons (Fsp3) is 0.917. The highest BCUT2D eigenvalue weighted by molar-refractivity contribution is 5.74. The van der Waals surface area contributed by atoms with Gasteiger partial charge in [-0.1, -0.05) is 13.3 Å². The summed E-state index contributed by atoms with van der Waals surface area (Å²) < 4.78 is 0. The summed E-state index contributed by atoms with van der Waals surface area (Å²) in [5, 5.41) is 0. The van der Waals surface area contributed by atoms with Gasteiger partial charge in [0.2, 0.25) is 0 Å². The van der Waals surface area contributed by atoms with Crippen LogP contribution in [0.2, 0.25) is 0 Å². The average Bonchev–Trinajstić information content (AvgIpc) is 2.68. The molecule has 1 aliphatic heterocycles. The van der Waals surface area contributed by atoms with Crippen molar-refractivity contribution in [3.63, 3.8) is 0 Å². The summed E-state index contributed by atoms with van der Waals surface area (Å²) in [5.74, 6) is 0.745. The molecule has 0 aromatic heterocycles. The van der Waals surface area contributed by atoms with Crippen LogP contribution >= 0.6 is 0 Å². The Morgan fingerprint density at radius 2 is 2.00 bits per heavy atom. The van der Waals surface area contributed by atoms with Gasteiger partial charge in [0.05, 0.1) is 0 Å². The van der Waals surface area contributed by atoms with E-state index in [-0.39, 0.29) is 6.03 Å². The minimum absolute atomic E-state index is 0.235. The summed E-state index contributed by atoms with van der Waals surface area (Å²) in [6.45, 7) is 9.88. The van der Waals surface area contributed by atoms with Gasteiger partial charge in [0, 0.05) is 26.2 Å². The van der Waals surface area contributed by atoms with Crippen LogP contribution in [0.4, 0.5) is 4.79 Å². The number of amides is 2. The summed E-state index contributed by atoms with van der Waals surface area (Å²) in [6.07, 6.45) is 3.70. The van der Waals surface area contributed by atoms with Gasteiger partial charge in [-0.3, -0.25) is 0 Å². The van der Waals surface area contributed by atoms with Gasteiger partial charge in [-0.15, -0.1) is 0 Å². The largest absolute Gasteiger partial charge is 0.325 e. The van der Waals surface area contributed by atoms with Gasteiger partial charge < -0.3 is 9.80 Å². The van der Waals surface area contributed by atoms with Crippen molar-refractivity contribution in [2.75, 3.05) is 26.2 Å². The maximum absolute atomic E-state index is 12.0. The highest BCUT2D eigenvalue weighted by Gasteiger charge is 2.27.